The fourth-order valence-electron chi connectivity index (χ4n) is 5.11. The number of alkyl halides is 3. The van der Waals surface area contributed by atoms with Crippen molar-refractivity contribution in [3.63, 3.8) is 0 Å². The number of halogens is 5. The highest BCUT2D eigenvalue weighted by molar-refractivity contribution is 7.79. The molecule has 0 saturated heterocycles. The van der Waals surface area contributed by atoms with Gasteiger partial charge in [-0.2, -0.15) is 13.2 Å². The molecule has 0 aromatic heterocycles. The van der Waals surface area contributed by atoms with Crippen molar-refractivity contribution in [1.82, 2.24) is 4.90 Å². The van der Waals surface area contributed by atoms with Gasteiger partial charge in [0.1, 0.15) is 11.6 Å². The van der Waals surface area contributed by atoms with Gasteiger partial charge in [-0.1, -0.05) is 91.3 Å². The van der Waals surface area contributed by atoms with Crippen LogP contribution >= 0.6 is 11.6 Å². The lowest BCUT2D eigenvalue weighted by Crippen LogP contribution is -2.34. The Hall–Kier alpha value is -3.28. The minimum atomic E-state index is -4.60. The average Bonchev–Trinajstić information content (AvgIpc) is 2.99. The summed E-state index contributed by atoms with van der Waals surface area (Å²) in [7, 11) is 0. The summed E-state index contributed by atoms with van der Waals surface area (Å²) in [6, 6.07) is 25.7. The summed E-state index contributed by atoms with van der Waals surface area (Å²) >= 11 is 3.75. The maximum atomic E-state index is 14.5. The first-order valence-electron chi connectivity index (χ1n) is 13.8. The second kappa shape index (κ2) is 15.1. The summed E-state index contributed by atoms with van der Waals surface area (Å²) < 4.78 is 82.4. The first kappa shape index (κ1) is 33.6. The Labute approximate surface area is 261 Å². The molecule has 0 amide bonds. The van der Waals surface area contributed by atoms with Crippen molar-refractivity contribution in [3.05, 3.63) is 130 Å². The number of aliphatic hydroxyl groups is 1. The van der Waals surface area contributed by atoms with Crippen LogP contribution in [0.15, 0.2) is 95.9 Å². The van der Waals surface area contributed by atoms with E-state index in [1.54, 1.807) is 6.07 Å². The highest BCUT2D eigenvalue weighted by Gasteiger charge is 2.34. The molecule has 44 heavy (non-hydrogen) atoms. The van der Waals surface area contributed by atoms with Crippen molar-refractivity contribution >= 4 is 22.7 Å². The van der Waals surface area contributed by atoms with Crippen LogP contribution in [0.3, 0.4) is 0 Å². The number of hydrogen-bond acceptors (Lipinski definition) is 4. The van der Waals surface area contributed by atoms with Gasteiger partial charge < -0.3 is 14.4 Å². The Morgan fingerprint density at radius 1 is 0.932 bits per heavy atom. The third kappa shape index (κ3) is 8.67. The van der Waals surface area contributed by atoms with Crippen LogP contribution in [0.25, 0.3) is 0 Å². The Kier molecular flexibility index (Phi) is 11.6. The molecule has 4 rings (SSSR count). The summed E-state index contributed by atoms with van der Waals surface area (Å²) in [5.41, 5.74) is 1.20. The molecule has 4 aromatic carbocycles. The van der Waals surface area contributed by atoms with Crippen LogP contribution < -0.4 is 4.74 Å². The highest BCUT2D eigenvalue weighted by Crippen LogP contribution is 2.37. The molecule has 0 radical (unpaired) electrons. The Bertz CT molecular complexity index is 1520. The quantitative estimate of drug-likeness (QED) is 0.114. The second-order valence-corrected chi connectivity index (χ2v) is 11.9. The Morgan fingerprint density at radius 2 is 1.55 bits per heavy atom. The van der Waals surface area contributed by atoms with Crippen LogP contribution in [0.5, 0.6) is 5.75 Å². The molecule has 0 bridgehead atoms. The van der Waals surface area contributed by atoms with E-state index in [1.165, 1.54) is 12.1 Å². The molecule has 11 heteroatoms. The summed E-state index contributed by atoms with van der Waals surface area (Å²) in [6.45, 7) is 2.14. The van der Waals surface area contributed by atoms with E-state index in [0.717, 1.165) is 23.3 Å². The molecule has 234 valence electrons. The van der Waals surface area contributed by atoms with Crippen LogP contribution in [-0.4, -0.2) is 38.5 Å². The standard InChI is InChI=1S/C33H32ClF4NO4S/c1-22(21-43-26-15-30(35)28(20-40)31(16-26)44(41)42)17-39(18-25-13-8-14-29(32(25)34)33(36,37)38)19-27(23-9-4-2-5-10-23)24-11-6-3-7-12-24/h2-16,22,27,40H,17-21H2,1H3,(H,41,42)/t22-/m1/s1. The van der Waals surface area contributed by atoms with Gasteiger partial charge in [-0.25, -0.2) is 8.60 Å². The zero-order chi connectivity index (χ0) is 31.9. The minimum Gasteiger partial charge on any atom is -0.493 e. The van der Waals surface area contributed by atoms with E-state index >= 15 is 0 Å². The van der Waals surface area contributed by atoms with Crippen molar-refractivity contribution in [2.24, 2.45) is 5.92 Å². The van der Waals surface area contributed by atoms with E-state index in [4.69, 9.17) is 16.3 Å². The van der Waals surface area contributed by atoms with Gasteiger partial charge in [0.05, 0.1) is 28.7 Å². The zero-order valence-electron chi connectivity index (χ0n) is 23.8. The molecule has 2 N–H and O–H groups in total. The molecule has 0 saturated carbocycles. The van der Waals surface area contributed by atoms with E-state index in [9.17, 15) is 31.4 Å². The van der Waals surface area contributed by atoms with E-state index < -0.39 is 35.2 Å². The fraction of sp³-hybridized carbons (Fsp3) is 0.273. The van der Waals surface area contributed by atoms with Crippen molar-refractivity contribution in [1.29, 1.82) is 0 Å². The van der Waals surface area contributed by atoms with E-state index in [2.05, 4.69) is 0 Å². The van der Waals surface area contributed by atoms with Gasteiger partial charge in [-0.05, 0) is 28.8 Å². The van der Waals surface area contributed by atoms with E-state index in [1.807, 2.05) is 72.5 Å². The van der Waals surface area contributed by atoms with Gasteiger partial charge in [0.15, 0.2) is 11.1 Å². The van der Waals surface area contributed by atoms with Crippen molar-refractivity contribution in [2.75, 3.05) is 19.7 Å². The molecule has 1 unspecified atom stereocenters. The smallest absolute Gasteiger partial charge is 0.417 e. The molecule has 5 nitrogen and oxygen atoms in total. The largest absolute Gasteiger partial charge is 0.493 e. The van der Waals surface area contributed by atoms with Crippen LogP contribution in [-0.2, 0) is 30.4 Å². The number of benzene rings is 4. The molecular weight excluding hydrogens is 618 g/mol. The molecule has 0 heterocycles. The average molecular weight is 650 g/mol. The SMILES string of the molecule is C[C@@H](COc1cc(F)c(CO)c(S(=O)O)c1)CN(Cc1cccc(C(F)(F)F)c1Cl)CC(c1ccccc1)c1ccccc1. The molecule has 2 atom stereocenters. The Balaban J connectivity index is 1.62. The van der Waals surface area contributed by atoms with Crippen molar-refractivity contribution in [2.45, 2.75) is 37.1 Å². The topological polar surface area (TPSA) is 70.0 Å². The number of hydrogen-bond donors (Lipinski definition) is 2. The minimum absolute atomic E-state index is 0.0165. The first-order chi connectivity index (χ1) is 21.0. The normalized spacial score (nSPS) is 13.3. The van der Waals surface area contributed by atoms with Crippen LogP contribution in [0, 0.1) is 11.7 Å². The molecule has 0 spiro atoms. The summed E-state index contributed by atoms with van der Waals surface area (Å²) in [6.07, 6.45) is -4.60. The number of ether oxygens (including phenoxy) is 1. The number of rotatable bonds is 13. The molecule has 0 aliphatic carbocycles. The second-order valence-electron chi connectivity index (χ2n) is 10.5. The highest BCUT2D eigenvalue weighted by atomic mass is 35.5. The maximum absolute atomic E-state index is 14.5. The monoisotopic (exact) mass is 649 g/mol. The first-order valence-corrected chi connectivity index (χ1v) is 15.3. The lowest BCUT2D eigenvalue weighted by molar-refractivity contribution is -0.137. The summed E-state index contributed by atoms with van der Waals surface area (Å²) in [5.74, 6) is -1.18. The van der Waals surface area contributed by atoms with Gasteiger partial charge in [-0.15, -0.1) is 0 Å². The zero-order valence-corrected chi connectivity index (χ0v) is 25.4. The maximum Gasteiger partial charge on any atom is 0.417 e. The third-order valence-electron chi connectivity index (χ3n) is 7.20. The predicted molar refractivity (Wildman–Crippen MR) is 162 cm³/mol. The van der Waals surface area contributed by atoms with Gasteiger partial charge in [0.2, 0.25) is 0 Å². The van der Waals surface area contributed by atoms with Gasteiger partial charge in [0, 0.05) is 43.1 Å². The summed E-state index contributed by atoms with van der Waals surface area (Å²) in [5, 5.41) is 9.04. The van der Waals surface area contributed by atoms with Gasteiger partial charge in [0.25, 0.3) is 0 Å². The van der Waals surface area contributed by atoms with Crippen molar-refractivity contribution < 1.29 is 36.2 Å². The lowest BCUT2D eigenvalue weighted by Gasteiger charge is -2.31. The lowest BCUT2D eigenvalue weighted by atomic mass is 9.90. The Morgan fingerprint density at radius 3 is 2.09 bits per heavy atom. The van der Waals surface area contributed by atoms with E-state index in [0.29, 0.717) is 18.7 Å². The van der Waals surface area contributed by atoms with Gasteiger partial charge >= 0.3 is 6.18 Å². The van der Waals surface area contributed by atoms with Crippen LogP contribution in [0.1, 0.15) is 40.7 Å². The molecule has 4 aromatic rings. The van der Waals surface area contributed by atoms with E-state index in [-0.39, 0.29) is 46.2 Å². The van der Waals surface area contributed by atoms with Crippen molar-refractivity contribution in [3.8, 4) is 5.75 Å². The fourth-order valence-corrected chi connectivity index (χ4v) is 5.99. The van der Waals surface area contributed by atoms with Gasteiger partial charge in [-0.3, -0.25) is 4.90 Å². The molecule has 0 aliphatic rings. The molecule has 0 fully saturated rings. The third-order valence-corrected chi connectivity index (χ3v) is 8.39. The number of aliphatic hydroxyl groups excluding tert-OH is 1. The predicted octanol–water partition coefficient (Wildman–Crippen LogP) is 7.92. The summed E-state index contributed by atoms with van der Waals surface area (Å²) in [4.78, 5) is 1.73. The molecular formula is C33H32ClF4NO4S. The van der Waals surface area contributed by atoms with Crippen LogP contribution in [0.2, 0.25) is 5.02 Å². The van der Waals surface area contributed by atoms with Crippen LogP contribution in [0.4, 0.5) is 17.6 Å². The molecule has 0 aliphatic heterocycles. The number of nitrogens with zero attached hydrogens (tertiary/aromatic N) is 1.